The lowest BCUT2D eigenvalue weighted by Crippen LogP contribution is -2.18. The molecule has 4 nitrogen and oxygen atoms in total. The van der Waals surface area contributed by atoms with Gasteiger partial charge in [-0.15, -0.1) is 0 Å². The number of primary amides is 1. The number of halogens is 4. The third-order valence-corrected chi connectivity index (χ3v) is 3.53. The van der Waals surface area contributed by atoms with Crippen LogP contribution in [0.15, 0.2) is 42.6 Å². The monoisotopic (exact) mass is 337 g/mol. The van der Waals surface area contributed by atoms with E-state index in [-0.39, 0.29) is 17.8 Å². The standard InChI is InChI=1S/C16H11F4N3O/c17-12-5-9(4-11(7-12)16(18,19)20)8-23-13(14(21)24)6-10-2-1-3-22-15(10)23/h1-7H,8H2,(H2,21,24). The molecule has 0 aliphatic carbocycles. The lowest BCUT2D eigenvalue weighted by molar-refractivity contribution is -0.137. The third kappa shape index (κ3) is 2.94. The topological polar surface area (TPSA) is 60.9 Å². The van der Waals surface area contributed by atoms with Gasteiger partial charge in [-0.25, -0.2) is 9.37 Å². The fourth-order valence-corrected chi connectivity index (χ4v) is 2.54. The van der Waals surface area contributed by atoms with Gasteiger partial charge in [0.15, 0.2) is 0 Å². The van der Waals surface area contributed by atoms with Gasteiger partial charge in [0.25, 0.3) is 5.91 Å². The Hall–Kier alpha value is -2.90. The SMILES string of the molecule is NC(=O)c1cc2cccnc2n1Cc1cc(F)cc(C(F)(F)F)c1. The number of nitrogens with zero attached hydrogens (tertiary/aromatic N) is 2. The summed E-state index contributed by atoms with van der Waals surface area (Å²) in [6.07, 6.45) is -3.18. The molecule has 0 saturated carbocycles. The van der Waals surface area contributed by atoms with Gasteiger partial charge in [0.1, 0.15) is 17.2 Å². The van der Waals surface area contributed by atoms with Crippen molar-refractivity contribution in [3.8, 4) is 0 Å². The van der Waals surface area contributed by atoms with Crippen LogP contribution in [-0.4, -0.2) is 15.5 Å². The van der Waals surface area contributed by atoms with Crippen LogP contribution in [-0.2, 0) is 12.7 Å². The van der Waals surface area contributed by atoms with Gasteiger partial charge in [-0.05, 0) is 42.0 Å². The Kier molecular flexibility index (Phi) is 3.75. The van der Waals surface area contributed by atoms with Gasteiger partial charge in [-0.1, -0.05) is 0 Å². The molecule has 0 aliphatic heterocycles. The van der Waals surface area contributed by atoms with E-state index in [1.807, 2.05) is 0 Å². The fraction of sp³-hybridized carbons (Fsp3) is 0.125. The molecule has 124 valence electrons. The maximum atomic E-state index is 13.5. The molecule has 1 aromatic carbocycles. The van der Waals surface area contributed by atoms with Crippen molar-refractivity contribution >= 4 is 16.9 Å². The lowest BCUT2D eigenvalue weighted by atomic mass is 10.1. The zero-order valence-electron chi connectivity index (χ0n) is 12.1. The van der Waals surface area contributed by atoms with E-state index >= 15 is 0 Å². The summed E-state index contributed by atoms with van der Waals surface area (Å²) in [5.41, 5.74) is 4.74. The van der Waals surface area contributed by atoms with Crippen molar-refractivity contribution in [1.29, 1.82) is 0 Å². The number of benzene rings is 1. The molecule has 1 amide bonds. The number of amides is 1. The smallest absolute Gasteiger partial charge is 0.364 e. The van der Waals surface area contributed by atoms with Crippen LogP contribution in [0.2, 0.25) is 0 Å². The van der Waals surface area contributed by atoms with Crippen molar-refractivity contribution in [3.63, 3.8) is 0 Å². The molecule has 0 unspecified atom stereocenters. The van der Waals surface area contributed by atoms with Crippen molar-refractivity contribution in [2.24, 2.45) is 5.73 Å². The van der Waals surface area contributed by atoms with Gasteiger partial charge < -0.3 is 10.3 Å². The second-order valence-corrected chi connectivity index (χ2v) is 5.24. The van der Waals surface area contributed by atoms with Crippen LogP contribution in [0.25, 0.3) is 11.0 Å². The third-order valence-electron chi connectivity index (χ3n) is 3.53. The number of rotatable bonds is 3. The summed E-state index contributed by atoms with van der Waals surface area (Å²) in [6.45, 7) is -0.167. The Morgan fingerprint density at radius 1 is 1.21 bits per heavy atom. The molecule has 3 rings (SSSR count). The highest BCUT2D eigenvalue weighted by Crippen LogP contribution is 2.31. The first-order chi connectivity index (χ1) is 11.3. The number of pyridine rings is 1. The highest BCUT2D eigenvalue weighted by atomic mass is 19.4. The summed E-state index contributed by atoms with van der Waals surface area (Å²) < 4.78 is 53.4. The Morgan fingerprint density at radius 2 is 1.96 bits per heavy atom. The number of hydrogen-bond acceptors (Lipinski definition) is 2. The van der Waals surface area contributed by atoms with Crippen molar-refractivity contribution in [2.45, 2.75) is 12.7 Å². The summed E-state index contributed by atoms with van der Waals surface area (Å²) in [5, 5.41) is 0.610. The number of fused-ring (bicyclic) bond motifs is 1. The summed E-state index contributed by atoms with van der Waals surface area (Å²) in [6, 6.07) is 7.08. The van der Waals surface area contributed by atoms with E-state index < -0.39 is 23.5 Å². The molecule has 0 atom stereocenters. The van der Waals surface area contributed by atoms with Crippen LogP contribution in [0.5, 0.6) is 0 Å². The van der Waals surface area contributed by atoms with Crippen LogP contribution >= 0.6 is 0 Å². The summed E-state index contributed by atoms with van der Waals surface area (Å²) in [5.74, 6) is -1.76. The maximum Gasteiger partial charge on any atom is 0.416 e. The van der Waals surface area contributed by atoms with Gasteiger partial charge in [-0.2, -0.15) is 13.2 Å². The summed E-state index contributed by atoms with van der Waals surface area (Å²) >= 11 is 0. The zero-order chi connectivity index (χ0) is 17.5. The molecule has 3 aromatic rings. The zero-order valence-corrected chi connectivity index (χ0v) is 12.1. The fourth-order valence-electron chi connectivity index (χ4n) is 2.54. The van der Waals surface area contributed by atoms with Gasteiger partial charge >= 0.3 is 6.18 Å². The van der Waals surface area contributed by atoms with Crippen LogP contribution in [0.1, 0.15) is 21.6 Å². The molecule has 2 N–H and O–H groups in total. The minimum absolute atomic E-state index is 0.0491. The molecule has 2 heterocycles. The van der Waals surface area contributed by atoms with E-state index in [9.17, 15) is 22.4 Å². The Balaban J connectivity index is 2.12. The average Bonchev–Trinajstić information content (AvgIpc) is 2.85. The molecule has 0 bridgehead atoms. The maximum absolute atomic E-state index is 13.5. The number of hydrogen-bond donors (Lipinski definition) is 1. The highest BCUT2D eigenvalue weighted by molar-refractivity contribution is 5.96. The highest BCUT2D eigenvalue weighted by Gasteiger charge is 2.31. The average molecular weight is 337 g/mol. The van der Waals surface area contributed by atoms with E-state index in [0.717, 1.165) is 12.1 Å². The molecule has 0 radical (unpaired) electrons. The molecule has 0 aliphatic rings. The predicted molar refractivity (Wildman–Crippen MR) is 78.8 cm³/mol. The molecule has 8 heteroatoms. The number of aromatic nitrogens is 2. The van der Waals surface area contributed by atoms with E-state index in [0.29, 0.717) is 17.1 Å². The molecule has 0 fully saturated rings. The van der Waals surface area contributed by atoms with Crippen LogP contribution in [0.4, 0.5) is 17.6 Å². The van der Waals surface area contributed by atoms with Gasteiger partial charge in [-0.3, -0.25) is 4.79 Å². The van der Waals surface area contributed by atoms with Gasteiger partial charge in [0.2, 0.25) is 0 Å². The number of alkyl halides is 3. The first-order valence-electron chi connectivity index (χ1n) is 6.86. The van der Waals surface area contributed by atoms with Crippen LogP contribution in [0.3, 0.4) is 0 Å². The van der Waals surface area contributed by atoms with E-state index in [4.69, 9.17) is 5.73 Å². The lowest BCUT2D eigenvalue weighted by Gasteiger charge is -2.12. The normalized spacial score (nSPS) is 11.8. The quantitative estimate of drug-likeness (QED) is 0.745. The largest absolute Gasteiger partial charge is 0.416 e. The van der Waals surface area contributed by atoms with Crippen LogP contribution in [0, 0.1) is 5.82 Å². The number of carbonyl (C=O) groups is 1. The number of carbonyl (C=O) groups excluding carboxylic acids is 1. The second kappa shape index (κ2) is 5.63. The molecule has 24 heavy (non-hydrogen) atoms. The van der Waals surface area contributed by atoms with Crippen molar-refractivity contribution in [2.75, 3.05) is 0 Å². The Bertz CT molecular complexity index is 931. The van der Waals surface area contributed by atoms with Crippen molar-refractivity contribution in [3.05, 3.63) is 65.2 Å². The minimum atomic E-state index is -4.67. The van der Waals surface area contributed by atoms with E-state index in [1.165, 1.54) is 16.8 Å². The molecular formula is C16H11F4N3O. The van der Waals surface area contributed by atoms with Crippen molar-refractivity contribution < 1.29 is 22.4 Å². The first-order valence-corrected chi connectivity index (χ1v) is 6.86. The van der Waals surface area contributed by atoms with E-state index in [2.05, 4.69) is 4.98 Å². The van der Waals surface area contributed by atoms with Gasteiger partial charge in [0.05, 0.1) is 5.56 Å². The second-order valence-electron chi connectivity index (χ2n) is 5.24. The Labute approximate surface area is 133 Å². The summed E-state index contributed by atoms with van der Waals surface area (Å²) in [7, 11) is 0. The van der Waals surface area contributed by atoms with Crippen molar-refractivity contribution in [1.82, 2.24) is 9.55 Å². The minimum Gasteiger partial charge on any atom is -0.364 e. The van der Waals surface area contributed by atoms with Gasteiger partial charge in [0, 0.05) is 18.1 Å². The molecule has 2 aromatic heterocycles. The molecule has 0 spiro atoms. The first kappa shape index (κ1) is 16.0. The summed E-state index contributed by atoms with van der Waals surface area (Å²) in [4.78, 5) is 15.7. The number of nitrogens with two attached hydrogens (primary N) is 1. The Morgan fingerprint density at radius 3 is 2.62 bits per heavy atom. The molecular weight excluding hydrogens is 326 g/mol. The predicted octanol–water partition coefficient (Wildman–Crippen LogP) is 3.34. The van der Waals surface area contributed by atoms with E-state index in [1.54, 1.807) is 12.1 Å². The van der Waals surface area contributed by atoms with Crippen LogP contribution < -0.4 is 5.73 Å². The molecule has 0 saturated heterocycles.